The summed E-state index contributed by atoms with van der Waals surface area (Å²) in [5.41, 5.74) is 4.88. The molecule has 1 aliphatic rings. The number of nitrogens with one attached hydrogen (secondary N) is 1. The zero-order valence-corrected chi connectivity index (χ0v) is 12.8. The summed E-state index contributed by atoms with van der Waals surface area (Å²) in [6.07, 6.45) is 6.75. The van der Waals surface area contributed by atoms with Crippen LogP contribution in [-0.2, 0) is 4.79 Å². The molecule has 6 heteroatoms. The van der Waals surface area contributed by atoms with Crippen LogP contribution in [0.15, 0.2) is 58.4 Å². The molecule has 1 amide bonds. The molecule has 22 heavy (non-hydrogen) atoms. The summed E-state index contributed by atoms with van der Waals surface area (Å²) in [6, 6.07) is 7.70. The Morgan fingerprint density at radius 2 is 2.14 bits per heavy atom. The molecule has 1 aliphatic heterocycles. The highest BCUT2D eigenvalue weighted by atomic mass is 32.1. The fourth-order valence-corrected chi connectivity index (χ4v) is 2.82. The standard InChI is InChI=1S/C16H14N4OS/c1-11-2-3-15(22-11)14-8-13(10-18-14)16(21)20-19-9-12-4-6-17-7-5-12/h2-9H,10H2,1H3,(H,20,21)/b19-9+. The van der Waals surface area contributed by atoms with Gasteiger partial charge in [-0.2, -0.15) is 5.10 Å². The molecule has 3 rings (SSSR count). The lowest BCUT2D eigenvalue weighted by molar-refractivity contribution is -0.117. The Morgan fingerprint density at radius 1 is 1.32 bits per heavy atom. The molecule has 0 spiro atoms. The Labute approximate surface area is 132 Å². The molecule has 0 radical (unpaired) electrons. The minimum absolute atomic E-state index is 0.225. The van der Waals surface area contributed by atoms with Crippen molar-refractivity contribution in [2.75, 3.05) is 6.54 Å². The Kier molecular flexibility index (Phi) is 4.20. The van der Waals surface area contributed by atoms with Crippen molar-refractivity contribution in [3.8, 4) is 0 Å². The van der Waals surface area contributed by atoms with Crippen LogP contribution in [0.25, 0.3) is 0 Å². The summed E-state index contributed by atoms with van der Waals surface area (Å²) in [5, 5.41) is 3.95. The minimum atomic E-state index is -0.225. The van der Waals surface area contributed by atoms with Gasteiger partial charge >= 0.3 is 0 Å². The summed E-state index contributed by atoms with van der Waals surface area (Å²) in [5.74, 6) is -0.225. The van der Waals surface area contributed by atoms with Crippen LogP contribution in [0.5, 0.6) is 0 Å². The van der Waals surface area contributed by atoms with Gasteiger partial charge < -0.3 is 0 Å². The first-order chi connectivity index (χ1) is 10.7. The second kappa shape index (κ2) is 6.44. The molecule has 0 fully saturated rings. The lowest BCUT2D eigenvalue weighted by atomic mass is 10.2. The van der Waals surface area contributed by atoms with E-state index in [1.807, 2.05) is 30.3 Å². The van der Waals surface area contributed by atoms with Gasteiger partial charge in [-0.05, 0) is 42.8 Å². The molecule has 2 aromatic heterocycles. The fraction of sp³-hybridized carbons (Fsp3) is 0.125. The number of aliphatic imine (C=N–C) groups is 1. The zero-order valence-electron chi connectivity index (χ0n) is 12.0. The third-order valence-corrected chi connectivity index (χ3v) is 4.12. The summed E-state index contributed by atoms with van der Waals surface area (Å²) in [7, 11) is 0. The lowest BCUT2D eigenvalue weighted by Crippen LogP contribution is -2.20. The van der Waals surface area contributed by atoms with Crippen molar-refractivity contribution in [3.63, 3.8) is 0 Å². The number of nitrogens with zero attached hydrogens (tertiary/aromatic N) is 3. The molecule has 0 bridgehead atoms. The van der Waals surface area contributed by atoms with Gasteiger partial charge in [-0.3, -0.25) is 14.8 Å². The van der Waals surface area contributed by atoms with Crippen molar-refractivity contribution in [1.82, 2.24) is 10.4 Å². The number of aromatic nitrogens is 1. The van der Waals surface area contributed by atoms with Crippen LogP contribution in [0.2, 0.25) is 0 Å². The van der Waals surface area contributed by atoms with Gasteiger partial charge in [0.25, 0.3) is 5.91 Å². The molecular formula is C16H14N4OS. The van der Waals surface area contributed by atoms with Gasteiger partial charge in [0.2, 0.25) is 0 Å². The van der Waals surface area contributed by atoms with Crippen LogP contribution in [0.1, 0.15) is 15.3 Å². The van der Waals surface area contributed by atoms with Crippen LogP contribution in [0.3, 0.4) is 0 Å². The number of hydrogen-bond acceptors (Lipinski definition) is 5. The van der Waals surface area contributed by atoms with Gasteiger partial charge in [0.05, 0.1) is 23.3 Å². The third-order valence-electron chi connectivity index (χ3n) is 3.10. The van der Waals surface area contributed by atoms with E-state index < -0.39 is 0 Å². The van der Waals surface area contributed by atoms with Gasteiger partial charge in [0.15, 0.2) is 0 Å². The van der Waals surface area contributed by atoms with Crippen LogP contribution >= 0.6 is 11.3 Å². The predicted octanol–water partition coefficient (Wildman–Crippen LogP) is 2.33. The first-order valence-corrected chi connectivity index (χ1v) is 7.59. The van der Waals surface area contributed by atoms with E-state index in [0.717, 1.165) is 16.2 Å². The number of pyridine rings is 1. The van der Waals surface area contributed by atoms with E-state index in [2.05, 4.69) is 27.4 Å². The number of amides is 1. The number of allylic oxidation sites excluding steroid dienone is 1. The highest BCUT2D eigenvalue weighted by Crippen LogP contribution is 2.20. The second-order valence-corrected chi connectivity index (χ2v) is 6.05. The van der Waals surface area contributed by atoms with E-state index in [0.29, 0.717) is 12.1 Å². The zero-order chi connectivity index (χ0) is 15.4. The normalized spacial score (nSPS) is 14.0. The second-order valence-electron chi connectivity index (χ2n) is 4.76. The monoisotopic (exact) mass is 310 g/mol. The van der Waals surface area contributed by atoms with Gasteiger partial charge in [-0.1, -0.05) is 0 Å². The molecule has 0 saturated carbocycles. The van der Waals surface area contributed by atoms with Gasteiger partial charge in [-0.15, -0.1) is 11.3 Å². The highest BCUT2D eigenvalue weighted by Gasteiger charge is 2.17. The van der Waals surface area contributed by atoms with Crippen molar-refractivity contribution in [2.24, 2.45) is 10.1 Å². The number of rotatable bonds is 4. The number of carbonyl (C=O) groups excluding carboxylic acids is 1. The molecule has 5 nitrogen and oxygen atoms in total. The highest BCUT2D eigenvalue weighted by molar-refractivity contribution is 7.14. The van der Waals surface area contributed by atoms with E-state index in [1.165, 1.54) is 4.88 Å². The molecule has 1 N–H and O–H groups in total. The minimum Gasteiger partial charge on any atom is -0.279 e. The van der Waals surface area contributed by atoms with Gasteiger partial charge in [0.1, 0.15) is 0 Å². The van der Waals surface area contributed by atoms with E-state index in [-0.39, 0.29) is 5.91 Å². The summed E-state index contributed by atoms with van der Waals surface area (Å²) in [6.45, 7) is 2.44. The third kappa shape index (κ3) is 3.35. The van der Waals surface area contributed by atoms with Crippen LogP contribution in [0, 0.1) is 6.92 Å². The van der Waals surface area contributed by atoms with Gasteiger partial charge in [-0.25, -0.2) is 5.43 Å². The van der Waals surface area contributed by atoms with Gasteiger partial charge in [0, 0.05) is 22.8 Å². The van der Waals surface area contributed by atoms with Crippen LogP contribution in [0.4, 0.5) is 0 Å². The van der Waals surface area contributed by atoms with Crippen LogP contribution < -0.4 is 5.43 Å². The number of hydrogen-bond donors (Lipinski definition) is 1. The van der Waals surface area contributed by atoms with Crippen LogP contribution in [-0.4, -0.2) is 29.4 Å². The Balaban J connectivity index is 1.61. The average molecular weight is 310 g/mol. The van der Waals surface area contributed by atoms with E-state index in [9.17, 15) is 4.79 Å². The van der Waals surface area contributed by atoms with Crippen molar-refractivity contribution in [3.05, 3.63) is 63.6 Å². The molecule has 0 saturated heterocycles. The van der Waals surface area contributed by atoms with E-state index in [4.69, 9.17) is 0 Å². The van der Waals surface area contributed by atoms with E-state index >= 15 is 0 Å². The SMILES string of the molecule is Cc1ccc(C2=NCC(C(=O)N/N=C/c3ccncc3)=C2)s1. The van der Waals surface area contributed by atoms with Crippen molar-refractivity contribution in [1.29, 1.82) is 0 Å². The van der Waals surface area contributed by atoms with E-state index in [1.54, 1.807) is 29.9 Å². The topological polar surface area (TPSA) is 66.7 Å². The molecule has 0 unspecified atom stereocenters. The average Bonchev–Trinajstić information content (AvgIpc) is 3.17. The molecule has 3 heterocycles. The largest absolute Gasteiger partial charge is 0.279 e. The maximum atomic E-state index is 12.0. The van der Waals surface area contributed by atoms with Crippen molar-refractivity contribution >= 4 is 29.2 Å². The van der Waals surface area contributed by atoms with Crippen molar-refractivity contribution in [2.45, 2.75) is 6.92 Å². The molecule has 2 aromatic rings. The first-order valence-electron chi connectivity index (χ1n) is 6.77. The number of hydrazone groups is 1. The maximum Gasteiger partial charge on any atom is 0.269 e. The first kappa shape index (κ1) is 14.3. The molecule has 110 valence electrons. The maximum absolute atomic E-state index is 12.0. The number of thiophene rings is 1. The Hall–Kier alpha value is -2.60. The summed E-state index contributed by atoms with van der Waals surface area (Å²) < 4.78 is 0. The molecular weight excluding hydrogens is 296 g/mol. The number of aryl methyl sites for hydroxylation is 1. The molecule has 0 aliphatic carbocycles. The lowest BCUT2D eigenvalue weighted by Gasteiger charge is -1.98. The smallest absolute Gasteiger partial charge is 0.269 e. The predicted molar refractivity (Wildman–Crippen MR) is 88.5 cm³/mol. The summed E-state index contributed by atoms with van der Waals surface area (Å²) >= 11 is 1.67. The Bertz CT molecular complexity index is 774. The quantitative estimate of drug-likeness (QED) is 0.695. The molecule has 0 atom stereocenters. The summed E-state index contributed by atoms with van der Waals surface area (Å²) in [4.78, 5) is 22.7. The Morgan fingerprint density at radius 3 is 2.86 bits per heavy atom. The fourth-order valence-electron chi connectivity index (χ4n) is 1.97. The number of carbonyl (C=O) groups is 1. The van der Waals surface area contributed by atoms with Crippen molar-refractivity contribution < 1.29 is 4.79 Å². The molecule has 0 aromatic carbocycles.